The van der Waals surface area contributed by atoms with E-state index in [1.165, 1.54) is 0 Å². The van der Waals surface area contributed by atoms with Gasteiger partial charge in [-0.2, -0.15) is 0 Å². The molecule has 0 radical (unpaired) electrons. The first kappa shape index (κ1) is 18.4. The van der Waals surface area contributed by atoms with E-state index in [1.54, 1.807) is 41.7 Å². The van der Waals surface area contributed by atoms with Crippen LogP contribution in [0.25, 0.3) is 5.57 Å². The van der Waals surface area contributed by atoms with Crippen molar-refractivity contribution in [3.05, 3.63) is 53.6 Å². The Morgan fingerprint density at radius 2 is 1.40 bits per heavy atom. The second-order valence-electron chi connectivity index (χ2n) is 5.16. The second-order valence-corrected chi connectivity index (χ2v) is 5.16. The normalized spacial score (nSPS) is 11.5. The highest BCUT2D eigenvalue weighted by Gasteiger charge is 2.12. The maximum atomic E-state index is 5.42. The first-order valence-corrected chi connectivity index (χ1v) is 7.75. The summed E-state index contributed by atoms with van der Waals surface area (Å²) in [5.41, 5.74) is 2.87. The summed E-state index contributed by atoms with van der Waals surface area (Å²) in [6, 6.07) is 11.5. The number of rotatable bonds is 7. The fraction of sp³-hybridized carbons (Fsp3) is 0.250. The highest BCUT2D eigenvalue weighted by atomic mass is 16.5. The van der Waals surface area contributed by atoms with Gasteiger partial charge in [-0.05, 0) is 47.0 Å². The van der Waals surface area contributed by atoms with Gasteiger partial charge in [0.2, 0.25) is 0 Å². The molecule has 5 heteroatoms. The molecule has 0 spiro atoms. The molecule has 0 amide bonds. The zero-order valence-electron chi connectivity index (χ0n) is 15.2. The van der Waals surface area contributed by atoms with Gasteiger partial charge in [-0.1, -0.05) is 6.07 Å². The highest BCUT2D eigenvalue weighted by Crippen LogP contribution is 2.35. The molecule has 0 atom stereocenters. The summed E-state index contributed by atoms with van der Waals surface area (Å²) in [4.78, 5) is 4.07. The predicted molar refractivity (Wildman–Crippen MR) is 101 cm³/mol. The number of aliphatic imine (C=N–C) groups is 1. The van der Waals surface area contributed by atoms with Crippen molar-refractivity contribution in [3.8, 4) is 23.0 Å². The van der Waals surface area contributed by atoms with Gasteiger partial charge in [-0.3, -0.25) is 4.99 Å². The number of allylic oxidation sites excluding steroid dienone is 1. The van der Waals surface area contributed by atoms with Crippen LogP contribution < -0.4 is 18.9 Å². The maximum absolute atomic E-state index is 5.42. The van der Waals surface area contributed by atoms with E-state index in [0.29, 0.717) is 23.0 Å². The lowest BCUT2D eigenvalue weighted by molar-refractivity contribution is 0.355. The minimum absolute atomic E-state index is 0.661. The first-order valence-electron chi connectivity index (χ1n) is 7.75. The van der Waals surface area contributed by atoms with Gasteiger partial charge in [0.15, 0.2) is 11.5 Å². The van der Waals surface area contributed by atoms with Crippen molar-refractivity contribution >= 4 is 11.8 Å². The van der Waals surface area contributed by atoms with Crippen LogP contribution in [0, 0.1) is 0 Å². The summed E-state index contributed by atoms with van der Waals surface area (Å²) in [6.45, 7) is 0. The van der Waals surface area contributed by atoms with E-state index in [4.69, 9.17) is 18.9 Å². The maximum Gasteiger partial charge on any atom is 0.161 e. The molecule has 0 aliphatic rings. The van der Waals surface area contributed by atoms with Gasteiger partial charge < -0.3 is 18.9 Å². The molecule has 0 saturated carbocycles. The van der Waals surface area contributed by atoms with Gasteiger partial charge in [0.25, 0.3) is 0 Å². The van der Waals surface area contributed by atoms with Gasteiger partial charge in [-0.25, -0.2) is 0 Å². The summed E-state index contributed by atoms with van der Waals surface area (Å²) in [5, 5.41) is 0. The van der Waals surface area contributed by atoms with Crippen LogP contribution in [-0.4, -0.2) is 41.7 Å². The van der Waals surface area contributed by atoms with Crippen LogP contribution in [0.2, 0.25) is 0 Å². The third-order valence-corrected chi connectivity index (χ3v) is 3.75. The number of hydrogen-bond donors (Lipinski definition) is 0. The molecule has 0 N–H and O–H groups in total. The minimum atomic E-state index is 0.661. The third kappa shape index (κ3) is 4.32. The minimum Gasteiger partial charge on any atom is -0.497 e. The highest BCUT2D eigenvalue weighted by molar-refractivity contribution is 5.92. The molecule has 0 fully saturated rings. The molecular formula is C20H23NO4. The molecule has 2 aromatic rings. The summed E-state index contributed by atoms with van der Waals surface area (Å²) in [6.07, 6.45) is 3.69. The Hall–Kier alpha value is -2.95. The molecule has 0 unspecified atom stereocenters. The SMILES string of the molecule is CN=C/C=C(\c1cc(OC)cc(OC)c1)c1ccc(OC)c(OC)c1. The van der Waals surface area contributed by atoms with Gasteiger partial charge in [0.05, 0.1) is 28.4 Å². The van der Waals surface area contributed by atoms with Gasteiger partial charge in [0, 0.05) is 19.3 Å². The standard InChI is InChI=1S/C20H23NO4/c1-21-9-8-18(14-6-7-19(24-4)20(12-14)25-5)15-10-16(22-2)13-17(11-15)23-3/h6-13H,1-5H3/b18-8-,21-9?. The van der Waals surface area contributed by atoms with Crippen molar-refractivity contribution in [2.24, 2.45) is 4.99 Å². The largest absolute Gasteiger partial charge is 0.497 e. The van der Waals surface area contributed by atoms with E-state index < -0.39 is 0 Å². The molecule has 0 aliphatic carbocycles. The lowest BCUT2D eigenvalue weighted by Crippen LogP contribution is -1.96. The van der Waals surface area contributed by atoms with E-state index in [2.05, 4.69) is 4.99 Å². The van der Waals surface area contributed by atoms with E-state index in [1.807, 2.05) is 42.5 Å². The molecule has 0 saturated heterocycles. The van der Waals surface area contributed by atoms with Crippen LogP contribution in [-0.2, 0) is 0 Å². The van der Waals surface area contributed by atoms with Gasteiger partial charge in [0.1, 0.15) is 11.5 Å². The van der Waals surface area contributed by atoms with Crippen molar-refractivity contribution in [1.82, 2.24) is 0 Å². The number of methoxy groups -OCH3 is 4. The number of nitrogens with zero attached hydrogens (tertiary/aromatic N) is 1. The van der Waals surface area contributed by atoms with Crippen LogP contribution in [0.4, 0.5) is 0 Å². The lowest BCUT2D eigenvalue weighted by atomic mass is 9.96. The Morgan fingerprint density at radius 1 is 0.760 bits per heavy atom. The van der Waals surface area contributed by atoms with Crippen molar-refractivity contribution in [1.29, 1.82) is 0 Å². The second kappa shape index (κ2) is 8.78. The Bertz CT molecular complexity index is 759. The summed E-state index contributed by atoms with van der Waals surface area (Å²) >= 11 is 0. The fourth-order valence-electron chi connectivity index (χ4n) is 2.47. The van der Waals surface area contributed by atoms with E-state index >= 15 is 0 Å². The monoisotopic (exact) mass is 341 g/mol. The Kier molecular flexibility index (Phi) is 6.46. The summed E-state index contributed by atoms with van der Waals surface area (Å²) in [7, 11) is 8.23. The molecule has 0 aromatic heterocycles. The molecule has 2 rings (SSSR count). The van der Waals surface area contributed by atoms with E-state index in [9.17, 15) is 0 Å². The van der Waals surface area contributed by atoms with E-state index in [0.717, 1.165) is 16.7 Å². The Labute approximate surface area is 148 Å². The molecule has 25 heavy (non-hydrogen) atoms. The quantitative estimate of drug-likeness (QED) is 0.718. The summed E-state index contributed by atoms with van der Waals surface area (Å²) < 4.78 is 21.5. The Morgan fingerprint density at radius 3 is 1.92 bits per heavy atom. The first-order chi connectivity index (χ1) is 12.2. The molecule has 0 heterocycles. The molecular weight excluding hydrogens is 318 g/mol. The zero-order chi connectivity index (χ0) is 18.2. The fourth-order valence-corrected chi connectivity index (χ4v) is 2.47. The summed E-state index contributed by atoms with van der Waals surface area (Å²) in [5.74, 6) is 2.77. The number of ether oxygens (including phenoxy) is 4. The van der Waals surface area contributed by atoms with Crippen LogP contribution in [0.3, 0.4) is 0 Å². The van der Waals surface area contributed by atoms with Crippen molar-refractivity contribution in [3.63, 3.8) is 0 Å². The molecule has 2 aromatic carbocycles. The van der Waals surface area contributed by atoms with Crippen LogP contribution >= 0.6 is 0 Å². The third-order valence-electron chi connectivity index (χ3n) is 3.75. The molecule has 132 valence electrons. The number of benzene rings is 2. The van der Waals surface area contributed by atoms with Crippen molar-refractivity contribution in [2.75, 3.05) is 35.5 Å². The molecule has 0 bridgehead atoms. The average molecular weight is 341 g/mol. The van der Waals surface area contributed by atoms with Crippen molar-refractivity contribution < 1.29 is 18.9 Å². The molecule has 0 aliphatic heterocycles. The molecule has 5 nitrogen and oxygen atoms in total. The Balaban J connectivity index is 2.62. The van der Waals surface area contributed by atoms with Gasteiger partial charge in [-0.15, -0.1) is 0 Å². The topological polar surface area (TPSA) is 49.3 Å². The smallest absolute Gasteiger partial charge is 0.161 e. The average Bonchev–Trinajstić information content (AvgIpc) is 2.67. The lowest BCUT2D eigenvalue weighted by Gasteiger charge is -2.14. The van der Waals surface area contributed by atoms with Gasteiger partial charge >= 0.3 is 0 Å². The zero-order valence-corrected chi connectivity index (χ0v) is 15.2. The van der Waals surface area contributed by atoms with Crippen LogP contribution in [0.15, 0.2) is 47.5 Å². The van der Waals surface area contributed by atoms with Crippen LogP contribution in [0.1, 0.15) is 11.1 Å². The predicted octanol–water partition coefficient (Wildman–Crippen LogP) is 3.85. The van der Waals surface area contributed by atoms with Crippen molar-refractivity contribution in [2.45, 2.75) is 0 Å². The van der Waals surface area contributed by atoms with E-state index in [-0.39, 0.29) is 0 Å². The van der Waals surface area contributed by atoms with Crippen LogP contribution in [0.5, 0.6) is 23.0 Å². The number of hydrogen-bond acceptors (Lipinski definition) is 5.